The Labute approximate surface area is 152 Å². The van der Waals surface area contributed by atoms with E-state index in [1.807, 2.05) is 22.8 Å². The van der Waals surface area contributed by atoms with Crippen molar-refractivity contribution in [2.75, 3.05) is 26.2 Å². The van der Waals surface area contributed by atoms with E-state index in [1.165, 1.54) is 6.20 Å². The minimum absolute atomic E-state index is 0.0111. The van der Waals surface area contributed by atoms with E-state index in [4.69, 9.17) is 5.26 Å². The third-order valence-electron chi connectivity index (χ3n) is 5.77. The number of hydrogen-bond acceptors (Lipinski definition) is 4. The highest BCUT2D eigenvalue weighted by atomic mass is 16.2. The highest BCUT2D eigenvalue weighted by Crippen LogP contribution is 2.39. The maximum atomic E-state index is 13.1. The van der Waals surface area contributed by atoms with Crippen LogP contribution >= 0.6 is 0 Å². The van der Waals surface area contributed by atoms with Crippen molar-refractivity contribution in [3.8, 4) is 6.07 Å². The number of piperidine rings is 2. The van der Waals surface area contributed by atoms with Gasteiger partial charge in [0, 0.05) is 44.2 Å². The predicted octanol–water partition coefficient (Wildman–Crippen LogP) is 1.42. The van der Waals surface area contributed by atoms with Crippen molar-refractivity contribution in [2.45, 2.75) is 39.5 Å². The normalized spacial score (nSPS) is 23.2. The molecule has 26 heavy (non-hydrogen) atoms. The van der Waals surface area contributed by atoms with Crippen molar-refractivity contribution >= 4 is 11.8 Å². The van der Waals surface area contributed by atoms with Gasteiger partial charge >= 0.3 is 0 Å². The number of aromatic nitrogens is 1. The van der Waals surface area contributed by atoms with Crippen LogP contribution in [0.1, 0.15) is 54.1 Å². The molecule has 2 amide bonds. The minimum Gasteiger partial charge on any atom is -0.342 e. The fraction of sp³-hybridized carbons (Fsp3) is 0.579. The van der Waals surface area contributed by atoms with Crippen molar-refractivity contribution in [1.29, 1.82) is 5.26 Å². The third-order valence-corrected chi connectivity index (χ3v) is 5.77. The number of amides is 2. The molecule has 1 spiro atoms. The SMILES string of the molecule is CCN1C[C@]2(CCCN(C(=O)c3c[nH]c(=O)c(C#N)c3C)C2)CCC1=O. The van der Waals surface area contributed by atoms with E-state index in [0.29, 0.717) is 43.7 Å². The largest absolute Gasteiger partial charge is 0.342 e. The molecule has 0 saturated carbocycles. The van der Waals surface area contributed by atoms with Gasteiger partial charge in [0.15, 0.2) is 0 Å². The number of carbonyl (C=O) groups is 2. The lowest BCUT2D eigenvalue weighted by Gasteiger charge is -2.48. The number of carbonyl (C=O) groups excluding carboxylic acids is 2. The molecule has 2 aliphatic heterocycles. The molecule has 0 radical (unpaired) electrons. The van der Waals surface area contributed by atoms with E-state index in [2.05, 4.69) is 4.98 Å². The Morgan fingerprint density at radius 2 is 2.12 bits per heavy atom. The second kappa shape index (κ2) is 6.94. The molecule has 138 valence electrons. The lowest BCUT2D eigenvalue weighted by Crippen LogP contribution is -2.55. The minimum atomic E-state index is -0.471. The van der Waals surface area contributed by atoms with Gasteiger partial charge in [0.2, 0.25) is 5.91 Å². The van der Waals surface area contributed by atoms with Gasteiger partial charge in [-0.05, 0) is 38.7 Å². The van der Waals surface area contributed by atoms with Gasteiger partial charge in [-0.3, -0.25) is 14.4 Å². The molecule has 1 N–H and O–H groups in total. The molecule has 2 saturated heterocycles. The molecule has 7 nitrogen and oxygen atoms in total. The van der Waals surface area contributed by atoms with Gasteiger partial charge in [-0.1, -0.05) is 0 Å². The highest BCUT2D eigenvalue weighted by Gasteiger charge is 2.42. The van der Waals surface area contributed by atoms with Gasteiger partial charge in [-0.2, -0.15) is 5.26 Å². The zero-order chi connectivity index (χ0) is 18.9. The smallest absolute Gasteiger partial charge is 0.266 e. The van der Waals surface area contributed by atoms with Crippen LogP contribution in [0, 0.1) is 23.7 Å². The van der Waals surface area contributed by atoms with E-state index in [-0.39, 0.29) is 22.8 Å². The molecule has 7 heteroatoms. The summed E-state index contributed by atoms with van der Waals surface area (Å²) in [5, 5.41) is 9.16. The van der Waals surface area contributed by atoms with Crippen LogP contribution in [0.25, 0.3) is 0 Å². The van der Waals surface area contributed by atoms with E-state index in [0.717, 1.165) is 19.3 Å². The molecule has 1 aromatic rings. The quantitative estimate of drug-likeness (QED) is 0.866. The van der Waals surface area contributed by atoms with Gasteiger partial charge in [-0.25, -0.2) is 0 Å². The number of hydrogen-bond donors (Lipinski definition) is 1. The highest BCUT2D eigenvalue weighted by molar-refractivity contribution is 5.96. The van der Waals surface area contributed by atoms with Crippen molar-refractivity contribution in [2.24, 2.45) is 5.41 Å². The van der Waals surface area contributed by atoms with Gasteiger partial charge < -0.3 is 14.8 Å². The Morgan fingerprint density at radius 1 is 1.35 bits per heavy atom. The Bertz CT molecular complexity index is 838. The molecule has 3 heterocycles. The summed E-state index contributed by atoms with van der Waals surface area (Å²) in [6.45, 7) is 6.27. The topological polar surface area (TPSA) is 97.3 Å². The number of nitriles is 1. The van der Waals surface area contributed by atoms with Gasteiger partial charge in [0.25, 0.3) is 11.5 Å². The van der Waals surface area contributed by atoms with Crippen LogP contribution in [-0.2, 0) is 4.79 Å². The molecule has 0 aliphatic carbocycles. The molecular weight excluding hydrogens is 332 g/mol. The van der Waals surface area contributed by atoms with Gasteiger partial charge in [-0.15, -0.1) is 0 Å². The first-order valence-corrected chi connectivity index (χ1v) is 9.10. The number of H-pyrrole nitrogens is 1. The summed E-state index contributed by atoms with van der Waals surface area (Å²) in [5.41, 5.74) is 0.266. The van der Waals surface area contributed by atoms with Crippen LogP contribution in [-0.4, -0.2) is 52.8 Å². The Kier molecular flexibility index (Phi) is 4.86. The number of nitrogens with one attached hydrogen (secondary N) is 1. The fourth-order valence-corrected chi connectivity index (χ4v) is 4.26. The van der Waals surface area contributed by atoms with Gasteiger partial charge in [0.1, 0.15) is 11.6 Å². The molecule has 0 unspecified atom stereocenters. The number of aromatic amines is 1. The lowest BCUT2D eigenvalue weighted by molar-refractivity contribution is -0.138. The Balaban J connectivity index is 1.84. The first-order chi connectivity index (χ1) is 12.4. The average molecular weight is 356 g/mol. The van der Waals surface area contributed by atoms with E-state index in [1.54, 1.807) is 6.92 Å². The summed E-state index contributed by atoms with van der Waals surface area (Å²) in [5.74, 6) is 0.0333. The van der Waals surface area contributed by atoms with Gasteiger partial charge in [0.05, 0.1) is 5.56 Å². The van der Waals surface area contributed by atoms with Crippen LogP contribution in [0.4, 0.5) is 0 Å². The molecule has 1 atom stereocenters. The molecule has 2 aliphatic rings. The van der Waals surface area contributed by atoms with Crippen molar-refractivity contribution in [1.82, 2.24) is 14.8 Å². The first kappa shape index (κ1) is 18.2. The van der Waals surface area contributed by atoms with Crippen LogP contribution in [0.5, 0.6) is 0 Å². The van der Waals surface area contributed by atoms with Crippen LogP contribution in [0.2, 0.25) is 0 Å². The molecular formula is C19H24N4O3. The number of rotatable bonds is 2. The van der Waals surface area contributed by atoms with E-state index < -0.39 is 5.56 Å². The molecule has 2 fully saturated rings. The summed E-state index contributed by atoms with van der Waals surface area (Å²) in [6, 6.07) is 1.88. The second-order valence-corrected chi connectivity index (χ2v) is 7.38. The predicted molar refractivity (Wildman–Crippen MR) is 95.6 cm³/mol. The third kappa shape index (κ3) is 3.12. The Morgan fingerprint density at radius 3 is 2.81 bits per heavy atom. The standard InChI is InChI=1S/C19H24N4O3/c1-3-22-11-19(7-5-16(22)24)6-4-8-23(12-19)18(26)15-10-21-17(25)14(9-20)13(15)2/h10H,3-8,11-12H2,1-2H3,(H,21,25)/t19-/m0/s1. The van der Waals surface area contributed by atoms with Crippen molar-refractivity contribution in [3.05, 3.63) is 33.2 Å². The van der Waals surface area contributed by atoms with E-state index >= 15 is 0 Å². The summed E-state index contributed by atoms with van der Waals surface area (Å²) >= 11 is 0. The molecule has 0 bridgehead atoms. The van der Waals surface area contributed by atoms with Crippen LogP contribution in [0.15, 0.2) is 11.0 Å². The number of nitrogens with zero attached hydrogens (tertiary/aromatic N) is 3. The molecule has 0 aromatic carbocycles. The average Bonchev–Trinajstić information content (AvgIpc) is 2.64. The Hall–Kier alpha value is -2.62. The maximum Gasteiger partial charge on any atom is 0.266 e. The zero-order valence-electron chi connectivity index (χ0n) is 15.3. The number of likely N-dealkylation sites (tertiary alicyclic amines) is 2. The summed E-state index contributed by atoms with van der Waals surface area (Å²) in [7, 11) is 0. The summed E-state index contributed by atoms with van der Waals surface area (Å²) in [4.78, 5) is 43.0. The zero-order valence-corrected chi connectivity index (χ0v) is 15.3. The summed E-state index contributed by atoms with van der Waals surface area (Å²) in [6.07, 6.45) is 4.65. The van der Waals surface area contributed by atoms with Crippen molar-refractivity contribution < 1.29 is 9.59 Å². The molecule has 1 aromatic heterocycles. The fourth-order valence-electron chi connectivity index (χ4n) is 4.26. The maximum absolute atomic E-state index is 13.1. The summed E-state index contributed by atoms with van der Waals surface area (Å²) < 4.78 is 0. The van der Waals surface area contributed by atoms with Crippen LogP contribution in [0.3, 0.4) is 0 Å². The monoisotopic (exact) mass is 356 g/mol. The molecule has 3 rings (SSSR count). The van der Waals surface area contributed by atoms with Crippen molar-refractivity contribution in [3.63, 3.8) is 0 Å². The van der Waals surface area contributed by atoms with E-state index in [9.17, 15) is 14.4 Å². The first-order valence-electron chi connectivity index (χ1n) is 9.10. The van der Waals surface area contributed by atoms with Crippen LogP contribution < -0.4 is 5.56 Å². The lowest BCUT2D eigenvalue weighted by atomic mass is 9.73. The number of pyridine rings is 1. The second-order valence-electron chi connectivity index (χ2n) is 7.38.